The molecule has 4 aliphatic heterocycles. The summed E-state index contributed by atoms with van der Waals surface area (Å²) in [6, 6.07) is 18.1. The lowest BCUT2D eigenvalue weighted by Crippen LogP contribution is -2.54. The number of aromatic hydroxyl groups is 1. The molecule has 1 aromatic carbocycles. The van der Waals surface area contributed by atoms with E-state index in [-0.39, 0.29) is 72.9 Å². The molecule has 4 saturated heterocycles. The number of pyridine rings is 2. The highest BCUT2D eigenvalue weighted by Crippen LogP contribution is 2.41. The molecule has 1 unspecified atom stereocenters. The first-order valence-electron chi connectivity index (χ1n) is 27.0. The highest BCUT2D eigenvalue weighted by atomic mass is 32.1. The van der Waals surface area contributed by atoms with E-state index in [2.05, 4.69) is 62.5 Å². The fourth-order valence-corrected chi connectivity index (χ4v) is 12.6. The molecule has 5 aliphatic rings. The number of hydrogen-bond donors (Lipinski definition) is 4. The van der Waals surface area contributed by atoms with Gasteiger partial charge in [0.2, 0.25) is 17.7 Å². The molecule has 5 N–H and O–H groups in total. The van der Waals surface area contributed by atoms with Crippen molar-refractivity contribution in [3.63, 3.8) is 0 Å². The summed E-state index contributed by atoms with van der Waals surface area (Å²) in [6.07, 6.45) is 8.92. The molecule has 6 aromatic rings. The number of phenols is 1. The maximum absolute atomic E-state index is 14.2. The number of piperazine rings is 1. The summed E-state index contributed by atoms with van der Waals surface area (Å²) >= 11 is 1.53. The number of nitrogens with one attached hydrogen (secondary N) is 1. The number of aromatic nitrogens is 6. The Morgan fingerprint density at radius 3 is 2.40 bits per heavy atom. The van der Waals surface area contributed by atoms with E-state index in [1.54, 1.807) is 29.9 Å². The van der Waals surface area contributed by atoms with Crippen molar-refractivity contribution >= 4 is 40.3 Å². The Morgan fingerprint density at radius 2 is 1.68 bits per heavy atom. The number of nitrogen functional groups attached to an aromatic ring is 1. The van der Waals surface area contributed by atoms with Crippen LogP contribution in [0.15, 0.2) is 83.1 Å². The Bertz CT molecular complexity index is 3000. The molecule has 9 heterocycles. The van der Waals surface area contributed by atoms with Gasteiger partial charge >= 0.3 is 0 Å². The van der Waals surface area contributed by atoms with Gasteiger partial charge in [-0.25, -0.2) is 9.97 Å². The summed E-state index contributed by atoms with van der Waals surface area (Å²) < 4.78 is 24.7. The van der Waals surface area contributed by atoms with E-state index in [4.69, 9.17) is 24.5 Å². The predicted octanol–water partition coefficient (Wildman–Crippen LogP) is 6.55. The van der Waals surface area contributed by atoms with E-state index in [9.17, 15) is 19.8 Å². The van der Waals surface area contributed by atoms with Gasteiger partial charge < -0.3 is 54.7 Å². The van der Waals surface area contributed by atoms with Crippen molar-refractivity contribution in [2.45, 2.75) is 127 Å². The minimum atomic E-state index is -0.850. The molecule has 2 amide bonds. The number of rotatable bonds is 18. The van der Waals surface area contributed by atoms with E-state index >= 15 is 0 Å². The van der Waals surface area contributed by atoms with Crippen LogP contribution in [-0.4, -0.2) is 151 Å². The Balaban J connectivity index is 0.601. The predicted molar refractivity (Wildman–Crippen MR) is 290 cm³/mol. The number of para-hydroxylation sites is 1. The van der Waals surface area contributed by atoms with Crippen molar-refractivity contribution in [3.8, 4) is 39.3 Å². The highest BCUT2D eigenvalue weighted by Gasteiger charge is 2.45. The number of phenolic OH excluding ortho intramolecular Hbond substituents is 1. The number of aliphatic hydroxyl groups is 1. The number of thiazole rings is 1. The summed E-state index contributed by atoms with van der Waals surface area (Å²) in [5.41, 5.74) is 13.9. The van der Waals surface area contributed by atoms with Gasteiger partial charge in [0.25, 0.3) is 5.88 Å². The van der Waals surface area contributed by atoms with Gasteiger partial charge in [0, 0.05) is 106 Å². The molecular formula is C56H68N12O8S. The van der Waals surface area contributed by atoms with E-state index < -0.39 is 18.1 Å². The first-order valence-corrected chi connectivity index (χ1v) is 27.9. The fourth-order valence-electron chi connectivity index (χ4n) is 11.8. The van der Waals surface area contributed by atoms with Gasteiger partial charge in [0.05, 0.1) is 57.5 Å². The van der Waals surface area contributed by atoms with Crippen LogP contribution in [0.25, 0.3) is 21.8 Å². The number of piperidine rings is 1. The van der Waals surface area contributed by atoms with Crippen LogP contribution in [0.1, 0.15) is 94.7 Å². The molecule has 5 fully saturated rings. The summed E-state index contributed by atoms with van der Waals surface area (Å²) in [5, 5.41) is 36.9. The zero-order valence-electron chi connectivity index (χ0n) is 44.0. The van der Waals surface area contributed by atoms with E-state index in [1.807, 2.05) is 64.2 Å². The van der Waals surface area contributed by atoms with E-state index in [0.29, 0.717) is 47.7 Å². The largest absolute Gasteiger partial charge is 0.507 e. The number of fused-ring (bicyclic) bond motifs is 2. The number of anilines is 3. The summed E-state index contributed by atoms with van der Waals surface area (Å²) in [6.45, 7) is 12.2. The van der Waals surface area contributed by atoms with E-state index in [0.717, 1.165) is 97.9 Å². The van der Waals surface area contributed by atoms with Crippen LogP contribution < -0.4 is 30.3 Å². The molecule has 6 atom stereocenters. The quantitative estimate of drug-likeness (QED) is 0.0713. The Morgan fingerprint density at radius 1 is 0.883 bits per heavy atom. The molecule has 1 aliphatic carbocycles. The lowest BCUT2D eigenvalue weighted by molar-refractivity contribution is -0.141. The number of ether oxygens (including phenoxy) is 3. The van der Waals surface area contributed by atoms with Gasteiger partial charge in [0.1, 0.15) is 30.4 Å². The molecule has 21 heteroatoms. The second-order valence-corrected chi connectivity index (χ2v) is 22.4. The molecule has 0 radical (unpaired) electrons. The molecule has 2 bridgehead atoms. The fraction of sp³-hybridized carbons (Fsp3) is 0.500. The van der Waals surface area contributed by atoms with Crippen LogP contribution >= 0.6 is 11.3 Å². The number of carbonyl (C=O) groups is 2. The van der Waals surface area contributed by atoms with Gasteiger partial charge in [-0.15, -0.1) is 21.5 Å². The van der Waals surface area contributed by atoms with Gasteiger partial charge in [-0.2, -0.15) is 0 Å². The number of nitrogens with zero attached hydrogens (tertiary/aromatic N) is 10. The molecule has 0 spiro atoms. The van der Waals surface area contributed by atoms with Gasteiger partial charge in [-0.3, -0.25) is 19.5 Å². The van der Waals surface area contributed by atoms with E-state index in [1.165, 1.54) is 16.2 Å². The number of benzene rings is 1. The van der Waals surface area contributed by atoms with Crippen molar-refractivity contribution in [2.24, 2.45) is 5.92 Å². The Hall–Kier alpha value is -6.94. The number of aliphatic hydroxyl groups excluding tert-OH is 1. The first-order chi connectivity index (χ1) is 37.3. The van der Waals surface area contributed by atoms with Crippen LogP contribution in [0.3, 0.4) is 0 Å². The standard InChI is InChI=1S/C56H68N12O8S/c1-32(2)52(56(72)67-30-39(69)22-47(67)55(71)61-33(3)35-9-12-44(59-27-35)53-34(4)60-31-77-53)49-26-51(64-76-49)73-20-19-65-17-14-40(15-18-65)74-41-23-42(24-41)75-50-21-36(13-16-58-50)68-37-10-11-38(68)29-66(28-37)46-25-45(62-63-54(46)57)43-7-5-6-8-48(43)70/h5-9,12-13,16,21,25-27,31-33,37-42,47,52,69-70H,10-11,14-15,17-20,22-24,28-30H2,1-4H3,(H2,57,63)(H,61,71)/t33-,37+,38?,39+,41?,42?,47-,52-/m0/s1. The summed E-state index contributed by atoms with van der Waals surface area (Å²) in [4.78, 5) is 51.1. The van der Waals surface area contributed by atoms with Crippen LogP contribution in [0, 0.1) is 12.8 Å². The Kier molecular flexibility index (Phi) is 15.3. The topological polar surface area (TPSA) is 244 Å². The average Bonchev–Trinajstić information content (AvgIpc) is 4.22. The number of aryl methyl sites for hydroxylation is 1. The maximum atomic E-state index is 14.2. The number of β-amino-alcohol motifs (C(OH)–C–C–N with tert-alkyl or cyclic N) is 1. The summed E-state index contributed by atoms with van der Waals surface area (Å²) in [5.74, 6) is 0.263. The zero-order chi connectivity index (χ0) is 53.3. The van der Waals surface area contributed by atoms with Crippen molar-refractivity contribution in [1.29, 1.82) is 0 Å². The third-order valence-corrected chi connectivity index (χ3v) is 16.9. The zero-order valence-corrected chi connectivity index (χ0v) is 44.8. The number of carbonyl (C=O) groups excluding carboxylic acids is 2. The molecule has 1 saturated carbocycles. The van der Waals surface area contributed by atoms with Gasteiger partial charge in [-0.1, -0.05) is 32.0 Å². The third kappa shape index (κ3) is 11.4. The minimum absolute atomic E-state index is 0.0405. The lowest BCUT2D eigenvalue weighted by Gasteiger charge is -2.43. The number of likely N-dealkylation sites (tertiary alicyclic amines) is 2. The molecular weight excluding hydrogens is 1000 g/mol. The molecule has 406 valence electrons. The second-order valence-electron chi connectivity index (χ2n) is 21.6. The van der Waals surface area contributed by atoms with Crippen molar-refractivity contribution in [1.82, 2.24) is 45.4 Å². The normalized spacial score (nSPS) is 23.5. The average molecular weight is 1070 g/mol. The Labute approximate surface area is 451 Å². The van der Waals surface area contributed by atoms with Gasteiger partial charge in [0.15, 0.2) is 11.6 Å². The van der Waals surface area contributed by atoms with Crippen LogP contribution in [0.5, 0.6) is 17.5 Å². The smallest absolute Gasteiger partial charge is 0.254 e. The molecule has 20 nitrogen and oxygen atoms in total. The number of nitrogens with two attached hydrogens (primary N) is 1. The molecule has 5 aromatic heterocycles. The van der Waals surface area contributed by atoms with Crippen LogP contribution in [0.4, 0.5) is 17.2 Å². The lowest BCUT2D eigenvalue weighted by atomic mass is 9.91. The number of amides is 2. The monoisotopic (exact) mass is 1070 g/mol. The SMILES string of the molecule is Cc1ncsc1-c1ccc([C@H](C)NC(=O)[C@@H]2C[C@@H](O)CN2C(=O)[C@H](c2cc(OCCN3CCC(OC4CC(Oc5cc(N6C7CC[C@@H]6CN(c6cc(-c8ccccc8O)nnc6N)C7)ccn5)C4)CC3)no2)C(C)C)cn1. The van der Waals surface area contributed by atoms with Crippen LogP contribution in [0.2, 0.25) is 0 Å². The number of hydrogen-bond acceptors (Lipinski definition) is 19. The maximum Gasteiger partial charge on any atom is 0.254 e. The van der Waals surface area contributed by atoms with Crippen molar-refractivity contribution < 1.29 is 38.5 Å². The van der Waals surface area contributed by atoms with Crippen LogP contribution in [-0.2, 0) is 14.3 Å². The summed E-state index contributed by atoms with van der Waals surface area (Å²) in [7, 11) is 0. The third-order valence-electron chi connectivity index (χ3n) is 16.0. The van der Waals surface area contributed by atoms with Crippen molar-refractivity contribution in [2.75, 3.05) is 61.4 Å². The highest BCUT2D eigenvalue weighted by molar-refractivity contribution is 7.13. The minimum Gasteiger partial charge on any atom is -0.507 e. The second kappa shape index (κ2) is 22.6. The molecule has 77 heavy (non-hydrogen) atoms. The molecule has 11 rings (SSSR count). The first kappa shape index (κ1) is 52.1. The van der Waals surface area contributed by atoms with Crippen molar-refractivity contribution in [3.05, 3.63) is 95.6 Å². The van der Waals surface area contributed by atoms with Gasteiger partial charge in [-0.05, 0) is 86.5 Å².